The lowest BCUT2D eigenvalue weighted by Gasteiger charge is -2.11. The van der Waals surface area contributed by atoms with Crippen LogP contribution >= 0.6 is 11.6 Å². The number of nitrogens with two attached hydrogens (primary N) is 1. The standard InChI is InChI=1S/C24H20ClN3O2/c1-14-6-5-8-19(15(14)2)27-23(29)21-18-7-3-4-9-20(18)28(22(21)26)24(30)16-10-12-17(25)13-11-16/h3-13H,26H2,1-2H3,(H,27,29). The maximum atomic E-state index is 13.2. The molecule has 0 atom stereocenters. The van der Waals surface area contributed by atoms with Crippen molar-refractivity contribution in [3.63, 3.8) is 0 Å². The molecule has 3 aromatic carbocycles. The van der Waals surface area contributed by atoms with Crippen LogP contribution < -0.4 is 11.1 Å². The number of hydrogen-bond donors (Lipinski definition) is 2. The first kappa shape index (κ1) is 19.7. The molecule has 0 bridgehead atoms. The molecule has 150 valence electrons. The smallest absolute Gasteiger partial charge is 0.263 e. The van der Waals surface area contributed by atoms with Crippen molar-refractivity contribution in [2.24, 2.45) is 0 Å². The van der Waals surface area contributed by atoms with E-state index in [4.69, 9.17) is 17.3 Å². The summed E-state index contributed by atoms with van der Waals surface area (Å²) in [5, 5.41) is 4.08. The monoisotopic (exact) mass is 417 g/mol. The van der Waals surface area contributed by atoms with Crippen LogP contribution in [0.1, 0.15) is 31.8 Å². The van der Waals surface area contributed by atoms with Crippen LogP contribution in [-0.4, -0.2) is 16.4 Å². The molecule has 0 aliphatic carbocycles. The number of carbonyl (C=O) groups is 2. The van der Waals surface area contributed by atoms with Crippen LogP contribution in [0.25, 0.3) is 10.9 Å². The summed E-state index contributed by atoms with van der Waals surface area (Å²) >= 11 is 5.94. The summed E-state index contributed by atoms with van der Waals surface area (Å²) in [6.45, 7) is 3.93. The molecule has 0 radical (unpaired) electrons. The molecule has 0 aliphatic rings. The number of hydrogen-bond acceptors (Lipinski definition) is 3. The molecule has 5 nitrogen and oxygen atoms in total. The average molecular weight is 418 g/mol. The molecule has 0 fully saturated rings. The SMILES string of the molecule is Cc1cccc(NC(=O)c2c(N)n(C(=O)c3ccc(Cl)cc3)c3ccccc23)c1C. The minimum Gasteiger partial charge on any atom is -0.384 e. The normalized spacial score (nSPS) is 10.9. The molecular weight excluding hydrogens is 398 g/mol. The molecule has 3 N–H and O–H groups in total. The number of aromatic nitrogens is 1. The van der Waals surface area contributed by atoms with E-state index < -0.39 is 0 Å². The first-order chi connectivity index (χ1) is 14.4. The van der Waals surface area contributed by atoms with Crippen molar-refractivity contribution in [1.29, 1.82) is 0 Å². The maximum Gasteiger partial charge on any atom is 0.263 e. The second kappa shape index (κ2) is 7.69. The fraction of sp³-hybridized carbons (Fsp3) is 0.0833. The number of nitrogens with zero attached hydrogens (tertiary/aromatic N) is 1. The first-order valence-corrected chi connectivity index (χ1v) is 9.83. The highest BCUT2D eigenvalue weighted by atomic mass is 35.5. The van der Waals surface area contributed by atoms with Crippen LogP contribution in [0.2, 0.25) is 5.02 Å². The van der Waals surface area contributed by atoms with Crippen molar-refractivity contribution in [1.82, 2.24) is 4.57 Å². The Balaban J connectivity index is 1.82. The Labute approximate surface area is 179 Å². The summed E-state index contributed by atoms with van der Waals surface area (Å²) in [7, 11) is 0. The van der Waals surface area contributed by atoms with Crippen molar-refractivity contribution >= 4 is 45.8 Å². The van der Waals surface area contributed by atoms with Gasteiger partial charge in [-0.3, -0.25) is 14.2 Å². The molecule has 0 unspecified atom stereocenters. The van der Waals surface area contributed by atoms with Crippen molar-refractivity contribution < 1.29 is 9.59 Å². The molecular formula is C24H20ClN3O2. The summed E-state index contributed by atoms with van der Waals surface area (Å²) in [6, 6.07) is 19.4. The molecule has 0 aliphatic heterocycles. The minimum absolute atomic E-state index is 0.0963. The molecule has 0 spiro atoms. The third kappa shape index (κ3) is 3.33. The molecule has 0 saturated heterocycles. The number of anilines is 2. The topological polar surface area (TPSA) is 77.1 Å². The van der Waals surface area contributed by atoms with Crippen LogP contribution in [0, 0.1) is 13.8 Å². The van der Waals surface area contributed by atoms with Crippen LogP contribution in [0.4, 0.5) is 11.5 Å². The number of carbonyl (C=O) groups excluding carboxylic acids is 2. The van der Waals surface area contributed by atoms with Crippen molar-refractivity contribution in [2.75, 3.05) is 11.1 Å². The fourth-order valence-electron chi connectivity index (χ4n) is 3.51. The number of halogens is 1. The number of nitrogen functional groups attached to an aromatic ring is 1. The molecule has 1 amide bonds. The van der Waals surface area contributed by atoms with Gasteiger partial charge in [-0.05, 0) is 61.4 Å². The summed E-state index contributed by atoms with van der Waals surface area (Å²) in [6.07, 6.45) is 0. The number of para-hydroxylation sites is 1. The lowest BCUT2D eigenvalue weighted by molar-refractivity contribution is 0.0967. The van der Waals surface area contributed by atoms with E-state index in [0.717, 1.165) is 11.1 Å². The Hall–Kier alpha value is -3.57. The second-order valence-corrected chi connectivity index (χ2v) is 7.56. The molecule has 0 saturated carbocycles. The third-order valence-corrected chi connectivity index (χ3v) is 5.54. The number of fused-ring (bicyclic) bond motifs is 1. The number of rotatable bonds is 3. The lowest BCUT2D eigenvalue weighted by Crippen LogP contribution is -2.18. The van der Waals surface area contributed by atoms with E-state index in [9.17, 15) is 9.59 Å². The van der Waals surface area contributed by atoms with Gasteiger partial charge in [0.2, 0.25) is 0 Å². The Bertz CT molecular complexity index is 1290. The Kier molecular flexibility index (Phi) is 5.06. The third-order valence-electron chi connectivity index (χ3n) is 5.29. The Morgan fingerprint density at radius 3 is 2.37 bits per heavy atom. The van der Waals surface area contributed by atoms with Gasteiger partial charge in [-0.1, -0.05) is 41.9 Å². The van der Waals surface area contributed by atoms with Crippen molar-refractivity contribution in [3.05, 3.63) is 94.0 Å². The van der Waals surface area contributed by atoms with E-state index in [-0.39, 0.29) is 23.2 Å². The van der Waals surface area contributed by atoms with Crippen molar-refractivity contribution in [2.45, 2.75) is 13.8 Å². The van der Waals surface area contributed by atoms with Gasteiger partial charge in [-0.25, -0.2) is 0 Å². The van der Waals surface area contributed by atoms with Gasteiger partial charge in [0, 0.05) is 21.7 Å². The van der Waals surface area contributed by atoms with Crippen LogP contribution in [0.15, 0.2) is 66.7 Å². The van der Waals surface area contributed by atoms with Gasteiger partial charge < -0.3 is 11.1 Å². The van der Waals surface area contributed by atoms with E-state index >= 15 is 0 Å². The maximum absolute atomic E-state index is 13.2. The predicted octanol–water partition coefficient (Wildman–Crippen LogP) is 5.43. The largest absolute Gasteiger partial charge is 0.384 e. The highest BCUT2D eigenvalue weighted by Gasteiger charge is 2.25. The van der Waals surface area contributed by atoms with Crippen LogP contribution in [0.5, 0.6) is 0 Å². The van der Waals surface area contributed by atoms with Gasteiger partial charge in [0.15, 0.2) is 0 Å². The number of nitrogens with one attached hydrogen (secondary N) is 1. The van der Waals surface area contributed by atoms with E-state index in [2.05, 4.69) is 5.32 Å². The molecule has 30 heavy (non-hydrogen) atoms. The van der Waals surface area contributed by atoms with Gasteiger partial charge in [-0.2, -0.15) is 0 Å². The Morgan fingerprint density at radius 1 is 0.933 bits per heavy atom. The van der Waals surface area contributed by atoms with Gasteiger partial charge >= 0.3 is 0 Å². The predicted molar refractivity (Wildman–Crippen MR) is 121 cm³/mol. The molecule has 6 heteroatoms. The fourth-order valence-corrected chi connectivity index (χ4v) is 3.64. The zero-order valence-corrected chi connectivity index (χ0v) is 17.3. The number of amides is 1. The van der Waals surface area contributed by atoms with Gasteiger partial charge in [0.05, 0.1) is 11.1 Å². The summed E-state index contributed by atoms with van der Waals surface area (Å²) < 4.78 is 1.37. The summed E-state index contributed by atoms with van der Waals surface area (Å²) in [4.78, 5) is 26.4. The molecule has 4 aromatic rings. The quantitative estimate of drug-likeness (QED) is 0.466. The first-order valence-electron chi connectivity index (χ1n) is 9.45. The van der Waals surface area contributed by atoms with Crippen molar-refractivity contribution in [3.8, 4) is 0 Å². The molecule has 4 rings (SSSR count). The van der Waals surface area contributed by atoms with Gasteiger partial charge in [-0.15, -0.1) is 0 Å². The molecule has 1 aromatic heterocycles. The highest BCUT2D eigenvalue weighted by molar-refractivity contribution is 6.30. The van der Waals surface area contributed by atoms with E-state index in [0.29, 0.717) is 27.2 Å². The van der Waals surface area contributed by atoms with Crippen LogP contribution in [0.3, 0.4) is 0 Å². The summed E-state index contributed by atoms with van der Waals surface area (Å²) in [5.74, 6) is -0.592. The number of benzene rings is 3. The Morgan fingerprint density at radius 2 is 1.63 bits per heavy atom. The zero-order valence-electron chi connectivity index (χ0n) is 16.6. The zero-order chi connectivity index (χ0) is 21.4. The van der Waals surface area contributed by atoms with E-state index in [1.165, 1.54) is 4.57 Å². The van der Waals surface area contributed by atoms with E-state index in [1.54, 1.807) is 42.5 Å². The second-order valence-electron chi connectivity index (χ2n) is 7.13. The highest BCUT2D eigenvalue weighted by Crippen LogP contribution is 2.31. The van der Waals surface area contributed by atoms with Crippen LogP contribution in [-0.2, 0) is 0 Å². The van der Waals surface area contributed by atoms with Gasteiger partial charge in [0.1, 0.15) is 5.82 Å². The van der Waals surface area contributed by atoms with Gasteiger partial charge in [0.25, 0.3) is 11.8 Å². The lowest BCUT2D eigenvalue weighted by atomic mass is 10.1. The minimum atomic E-state index is -0.361. The summed E-state index contributed by atoms with van der Waals surface area (Å²) in [5.41, 5.74) is 10.4. The number of aryl methyl sites for hydroxylation is 1. The molecule has 1 heterocycles. The van der Waals surface area contributed by atoms with E-state index in [1.807, 2.05) is 38.1 Å². The average Bonchev–Trinajstić information content (AvgIpc) is 3.03.